The number of carbonyl (C=O) groups excluding carboxylic acids is 1. The molecule has 3 aromatic rings. The monoisotopic (exact) mass is 464 g/mol. The lowest BCUT2D eigenvalue weighted by Gasteiger charge is -2.37. The Labute approximate surface area is 198 Å². The summed E-state index contributed by atoms with van der Waals surface area (Å²) in [7, 11) is 0. The SMILES string of the molecule is CC(NC(=O)C=Cc1ccc(F)cc1Cl)c1cccc(N2CCN(c3ccccn3)CC2)c1. The van der Waals surface area contributed by atoms with Gasteiger partial charge in [0.15, 0.2) is 0 Å². The van der Waals surface area contributed by atoms with E-state index in [9.17, 15) is 9.18 Å². The van der Waals surface area contributed by atoms with Gasteiger partial charge in [0.25, 0.3) is 0 Å². The molecular formula is C26H26ClFN4O. The number of amides is 1. The quantitative estimate of drug-likeness (QED) is 0.516. The van der Waals surface area contributed by atoms with E-state index in [0.29, 0.717) is 5.56 Å². The smallest absolute Gasteiger partial charge is 0.244 e. The zero-order valence-corrected chi connectivity index (χ0v) is 19.2. The molecule has 33 heavy (non-hydrogen) atoms. The highest BCUT2D eigenvalue weighted by Gasteiger charge is 2.19. The number of hydrogen-bond donors (Lipinski definition) is 1. The molecule has 7 heteroatoms. The van der Waals surface area contributed by atoms with Crippen LogP contribution in [0.3, 0.4) is 0 Å². The second kappa shape index (κ2) is 10.5. The molecule has 0 spiro atoms. The largest absolute Gasteiger partial charge is 0.368 e. The molecule has 0 saturated carbocycles. The summed E-state index contributed by atoms with van der Waals surface area (Å²) in [5, 5.41) is 3.24. The van der Waals surface area contributed by atoms with E-state index in [1.54, 1.807) is 12.1 Å². The Morgan fingerprint density at radius 1 is 1.06 bits per heavy atom. The van der Waals surface area contributed by atoms with Gasteiger partial charge < -0.3 is 15.1 Å². The normalized spacial score (nSPS) is 15.0. The Hall–Kier alpha value is -3.38. The van der Waals surface area contributed by atoms with E-state index in [1.165, 1.54) is 18.2 Å². The second-order valence-electron chi connectivity index (χ2n) is 7.99. The number of hydrogen-bond acceptors (Lipinski definition) is 4. The average molecular weight is 465 g/mol. The van der Waals surface area contributed by atoms with E-state index < -0.39 is 5.82 Å². The van der Waals surface area contributed by atoms with Crippen LogP contribution in [0.2, 0.25) is 5.02 Å². The molecule has 5 nitrogen and oxygen atoms in total. The predicted octanol–water partition coefficient (Wildman–Crippen LogP) is 5.09. The van der Waals surface area contributed by atoms with Crippen molar-refractivity contribution in [2.45, 2.75) is 13.0 Å². The molecular weight excluding hydrogens is 439 g/mol. The third-order valence-corrected chi connectivity index (χ3v) is 6.05. The topological polar surface area (TPSA) is 48.5 Å². The van der Waals surface area contributed by atoms with Crippen molar-refractivity contribution in [3.8, 4) is 0 Å². The van der Waals surface area contributed by atoms with Crippen LogP contribution in [-0.2, 0) is 4.79 Å². The van der Waals surface area contributed by atoms with E-state index in [2.05, 4.69) is 32.2 Å². The van der Waals surface area contributed by atoms with Gasteiger partial charge in [-0.25, -0.2) is 9.37 Å². The van der Waals surface area contributed by atoms with E-state index in [1.807, 2.05) is 43.5 Å². The van der Waals surface area contributed by atoms with Crippen molar-refractivity contribution in [1.82, 2.24) is 10.3 Å². The number of piperazine rings is 1. The molecule has 1 aromatic heterocycles. The van der Waals surface area contributed by atoms with Gasteiger partial charge in [-0.05, 0) is 60.5 Å². The van der Waals surface area contributed by atoms with Crippen molar-refractivity contribution in [3.05, 3.63) is 94.9 Å². The minimum atomic E-state index is -0.409. The fraction of sp³-hybridized carbons (Fsp3) is 0.231. The number of aromatic nitrogens is 1. The van der Waals surface area contributed by atoms with Crippen LogP contribution >= 0.6 is 11.6 Å². The summed E-state index contributed by atoms with van der Waals surface area (Å²) in [6, 6.07) is 18.2. The van der Waals surface area contributed by atoms with E-state index >= 15 is 0 Å². The first-order valence-electron chi connectivity index (χ1n) is 10.9. The zero-order valence-electron chi connectivity index (χ0n) is 18.4. The molecule has 2 heterocycles. The highest BCUT2D eigenvalue weighted by Crippen LogP contribution is 2.23. The molecule has 1 aliphatic rings. The molecule has 4 rings (SSSR count). The van der Waals surface area contributed by atoms with Crippen LogP contribution in [0, 0.1) is 5.82 Å². The molecule has 1 saturated heterocycles. The number of halogens is 2. The van der Waals surface area contributed by atoms with Crippen molar-refractivity contribution < 1.29 is 9.18 Å². The first-order chi connectivity index (χ1) is 16.0. The summed E-state index contributed by atoms with van der Waals surface area (Å²) in [6.07, 6.45) is 4.82. The molecule has 1 atom stereocenters. The summed E-state index contributed by atoms with van der Waals surface area (Å²) in [5.74, 6) is 0.364. The molecule has 1 amide bonds. The maximum atomic E-state index is 13.2. The molecule has 1 fully saturated rings. The van der Waals surface area contributed by atoms with Crippen molar-refractivity contribution in [2.75, 3.05) is 36.0 Å². The van der Waals surface area contributed by atoms with Crippen molar-refractivity contribution >= 4 is 35.1 Å². The van der Waals surface area contributed by atoms with Crippen LogP contribution in [0.25, 0.3) is 6.08 Å². The maximum Gasteiger partial charge on any atom is 0.244 e. The summed E-state index contributed by atoms with van der Waals surface area (Å²) < 4.78 is 13.2. The number of anilines is 2. The van der Waals surface area contributed by atoms with Gasteiger partial charge in [-0.3, -0.25) is 4.79 Å². The number of nitrogens with zero attached hydrogens (tertiary/aromatic N) is 3. The number of carbonyl (C=O) groups is 1. The van der Waals surface area contributed by atoms with Gasteiger partial charge >= 0.3 is 0 Å². The van der Waals surface area contributed by atoms with Gasteiger partial charge in [0.05, 0.1) is 11.1 Å². The van der Waals surface area contributed by atoms with Crippen LogP contribution < -0.4 is 15.1 Å². The van der Waals surface area contributed by atoms with Gasteiger partial charge in [-0.1, -0.05) is 35.9 Å². The first-order valence-corrected chi connectivity index (χ1v) is 11.3. The third kappa shape index (κ3) is 5.90. The number of rotatable bonds is 6. The zero-order chi connectivity index (χ0) is 23.2. The average Bonchev–Trinajstić information content (AvgIpc) is 2.84. The molecule has 0 bridgehead atoms. The molecule has 1 aliphatic heterocycles. The minimum absolute atomic E-state index is 0.166. The van der Waals surface area contributed by atoms with Crippen LogP contribution in [0.4, 0.5) is 15.9 Å². The first kappa shape index (κ1) is 22.8. The third-order valence-electron chi connectivity index (χ3n) is 5.72. The Morgan fingerprint density at radius 3 is 2.58 bits per heavy atom. The lowest BCUT2D eigenvalue weighted by Crippen LogP contribution is -2.46. The molecule has 1 N–H and O–H groups in total. The Kier molecular flexibility index (Phi) is 7.25. The van der Waals surface area contributed by atoms with E-state index in [4.69, 9.17) is 11.6 Å². The van der Waals surface area contributed by atoms with E-state index in [0.717, 1.165) is 43.2 Å². The van der Waals surface area contributed by atoms with Crippen LogP contribution in [0.1, 0.15) is 24.1 Å². The second-order valence-corrected chi connectivity index (χ2v) is 8.39. The summed E-state index contributed by atoms with van der Waals surface area (Å²) in [6.45, 7) is 5.58. The lowest BCUT2D eigenvalue weighted by molar-refractivity contribution is -0.117. The number of nitrogens with one attached hydrogen (secondary N) is 1. The van der Waals surface area contributed by atoms with Crippen LogP contribution in [-0.4, -0.2) is 37.1 Å². The molecule has 0 aliphatic carbocycles. The molecule has 170 valence electrons. The minimum Gasteiger partial charge on any atom is -0.368 e. The molecule has 2 aromatic carbocycles. The van der Waals surface area contributed by atoms with Crippen LogP contribution in [0.5, 0.6) is 0 Å². The van der Waals surface area contributed by atoms with Crippen molar-refractivity contribution in [3.63, 3.8) is 0 Å². The fourth-order valence-corrected chi connectivity index (χ4v) is 4.10. The highest BCUT2D eigenvalue weighted by molar-refractivity contribution is 6.32. The van der Waals surface area contributed by atoms with Gasteiger partial charge in [-0.15, -0.1) is 0 Å². The number of pyridine rings is 1. The Bertz CT molecular complexity index is 1130. The van der Waals surface area contributed by atoms with Gasteiger partial charge in [0.2, 0.25) is 5.91 Å². The molecule has 0 radical (unpaired) electrons. The van der Waals surface area contributed by atoms with E-state index in [-0.39, 0.29) is 17.0 Å². The summed E-state index contributed by atoms with van der Waals surface area (Å²) in [5.41, 5.74) is 2.76. The summed E-state index contributed by atoms with van der Waals surface area (Å²) in [4.78, 5) is 21.5. The standard InChI is InChI=1S/C26H26ClFN4O/c1-19(30-26(33)11-9-20-8-10-22(28)18-24(20)27)21-5-4-6-23(17-21)31-13-15-32(16-14-31)25-7-2-3-12-29-25/h2-12,17-19H,13-16H2,1H3,(H,30,33). The summed E-state index contributed by atoms with van der Waals surface area (Å²) >= 11 is 6.02. The predicted molar refractivity (Wildman–Crippen MR) is 132 cm³/mol. The van der Waals surface area contributed by atoms with Crippen molar-refractivity contribution in [1.29, 1.82) is 0 Å². The Balaban J connectivity index is 1.35. The van der Waals surface area contributed by atoms with Gasteiger partial charge in [0, 0.05) is 44.1 Å². The maximum absolute atomic E-state index is 13.2. The van der Waals surface area contributed by atoms with Gasteiger partial charge in [-0.2, -0.15) is 0 Å². The van der Waals surface area contributed by atoms with Gasteiger partial charge in [0.1, 0.15) is 11.6 Å². The van der Waals surface area contributed by atoms with Crippen LogP contribution in [0.15, 0.2) is 72.9 Å². The Morgan fingerprint density at radius 2 is 1.85 bits per heavy atom. The number of benzene rings is 2. The molecule has 1 unspecified atom stereocenters. The van der Waals surface area contributed by atoms with Crippen molar-refractivity contribution in [2.24, 2.45) is 0 Å². The lowest BCUT2D eigenvalue weighted by atomic mass is 10.1. The highest BCUT2D eigenvalue weighted by atomic mass is 35.5. The fourth-order valence-electron chi connectivity index (χ4n) is 3.87.